The lowest BCUT2D eigenvalue weighted by molar-refractivity contribution is 0.486. The molecule has 0 amide bonds. The van der Waals surface area contributed by atoms with E-state index in [0.717, 1.165) is 25.1 Å². The van der Waals surface area contributed by atoms with Crippen LogP contribution >= 0.6 is 0 Å². The fourth-order valence-electron chi connectivity index (χ4n) is 1.65. The average molecular weight is 267 g/mol. The Balaban J connectivity index is 2.08. The molecule has 4 nitrogen and oxygen atoms in total. The molecule has 1 aromatic heterocycles. The summed E-state index contributed by atoms with van der Waals surface area (Å²) in [4.78, 5) is 0. The molecule has 0 bridgehead atoms. The molecular weight excluding hydrogens is 252 g/mol. The first-order valence-electron chi connectivity index (χ1n) is 6.20. The Kier molecular flexibility index (Phi) is 4.57. The number of hydrogen-bond acceptors (Lipinski definition) is 4. The number of nitrogens with one attached hydrogen (secondary N) is 1. The standard InChI is InChI=1S/C13H15F2N3O/c1-2-7-16-8-6-11-17-18-13(19-11)12-9(14)4-3-5-10(12)15/h3-5,16H,2,6-8H2,1H3. The van der Waals surface area contributed by atoms with Crippen LogP contribution in [0, 0.1) is 11.6 Å². The Morgan fingerprint density at radius 1 is 1.16 bits per heavy atom. The zero-order valence-corrected chi connectivity index (χ0v) is 10.6. The summed E-state index contributed by atoms with van der Waals surface area (Å²) in [5, 5.41) is 10.6. The molecule has 0 aliphatic heterocycles. The lowest BCUT2D eigenvalue weighted by Gasteiger charge is -1.99. The second-order valence-corrected chi connectivity index (χ2v) is 4.10. The van der Waals surface area contributed by atoms with Crippen LogP contribution in [0.5, 0.6) is 0 Å². The number of aromatic nitrogens is 2. The van der Waals surface area contributed by atoms with Gasteiger partial charge in [0.25, 0.3) is 5.89 Å². The molecule has 6 heteroatoms. The van der Waals surface area contributed by atoms with Gasteiger partial charge >= 0.3 is 0 Å². The van der Waals surface area contributed by atoms with E-state index in [4.69, 9.17) is 4.42 Å². The summed E-state index contributed by atoms with van der Waals surface area (Å²) >= 11 is 0. The average Bonchev–Trinajstić information content (AvgIpc) is 2.83. The molecule has 0 fully saturated rings. The van der Waals surface area contributed by atoms with Crippen LogP contribution in [0.1, 0.15) is 19.2 Å². The highest BCUT2D eigenvalue weighted by atomic mass is 19.1. The Morgan fingerprint density at radius 3 is 2.58 bits per heavy atom. The summed E-state index contributed by atoms with van der Waals surface area (Å²) in [7, 11) is 0. The van der Waals surface area contributed by atoms with Gasteiger partial charge in [0.05, 0.1) is 0 Å². The molecule has 0 unspecified atom stereocenters. The largest absolute Gasteiger partial charge is 0.420 e. The second-order valence-electron chi connectivity index (χ2n) is 4.10. The van der Waals surface area contributed by atoms with Crippen molar-refractivity contribution in [1.29, 1.82) is 0 Å². The zero-order chi connectivity index (χ0) is 13.7. The van der Waals surface area contributed by atoms with E-state index in [1.54, 1.807) is 0 Å². The number of hydrogen-bond donors (Lipinski definition) is 1. The molecule has 1 heterocycles. The number of benzene rings is 1. The molecule has 0 aliphatic carbocycles. The van der Waals surface area contributed by atoms with Crippen LogP contribution in [0.2, 0.25) is 0 Å². The van der Waals surface area contributed by atoms with Crippen LogP contribution in [-0.2, 0) is 6.42 Å². The van der Waals surface area contributed by atoms with Crippen LogP contribution < -0.4 is 5.32 Å². The maximum atomic E-state index is 13.5. The first kappa shape index (κ1) is 13.6. The van der Waals surface area contributed by atoms with Gasteiger partial charge in [-0.2, -0.15) is 0 Å². The van der Waals surface area contributed by atoms with Gasteiger partial charge in [-0.15, -0.1) is 10.2 Å². The number of halogens is 2. The van der Waals surface area contributed by atoms with Gasteiger partial charge in [0.2, 0.25) is 5.89 Å². The van der Waals surface area contributed by atoms with Gasteiger partial charge in [-0.1, -0.05) is 13.0 Å². The van der Waals surface area contributed by atoms with E-state index in [0.29, 0.717) is 18.9 Å². The van der Waals surface area contributed by atoms with Crippen molar-refractivity contribution in [2.45, 2.75) is 19.8 Å². The van der Waals surface area contributed by atoms with Gasteiger partial charge in [0.1, 0.15) is 17.2 Å². The fraction of sp³-hybridized carbons (Fsp3) is 0.385. The zero-order valence-electron chi connectivity index (χ0n) is 10.6. The lowest BCUT2D eigenvalue weighted by Crippen LogP contribution is -2.17. The van der Waals surface area contributed by atoms with E-state index >= 15 is 0 Å². The number of rotatable bonds is 6. The van der Waals surface area contributed by atoms with E-state index in [-0.39, 0.29) is 11.5 Å². The third-order valence-corrected chi connectivity index (χ3v) is 2.59. The van der Waals surface area contributed by atoms with Gasteiger partial charge in [-0.25, -0.2) is 8.78 Å². The molecule has 1 N–H and O–H groups in total. The van der Waals surface area contributed by atoms with Crippen molar-refractivity contribution in [3.63, 3.8) is 0 Å². The molecule has 0 atom stereocenters. The Hall–Kier alpha value is -1.82. The van der Waals surface area contributed by atoms with E-state index in [1.807, 2.05) is 0 Å². The molecule has 0 saturated heterocycles. The molecular formula is C13H15F2N3O. The predicted octanol–water partition coefficient (Wildman–Crippen LogP) is 2.56. The molecule has 0 saturated carbocycles. The van der Waals surface area contributed by atoms with E-state index < -0.39 is 11.6 Å². The monoisotopic (exact) mass is 267 g/mol. The Bertz CT molecular complexity index is 522. The lowest BCUT2D eigenvalue weighted by atomic mass is 10.2. The molecule has 0 radical (unpaired) electrons. The van der Waals surface area contributed by atoms with E-state index in [9.17, 15) is 8.78 Å². The van der Waals surface area contributed by atoms with Crippen LogP contribution in [0.25, 0.3) is 11.5 Å². The van der Waals surface area contributed by atoms with Gasteiger partial charge in [-0.05, 0) is 25.1 Å². The minimum Gasteiger partial charge on any atom is -0.420 e. The van der Waals surface area contributed by atoms with Gasteiger partial charge < -0.3 is 9.73 Å². The Morgan fingerprint density at radius 2 is 1.89 bits per heavy atom. The maximum Gasteiger partial charge on any atom is 0.253 e. The summed E-state index contributed by atoms with van der Waals surface area (Å²) in [5.41, 5.74) is -0.275. The minimum atomic E-state index is -0.709. The van der Waals surface area contributed by atoms with Gasteiger partial charge in [-0.3, -0.25) is 0 Å². The first-order valence-corrected chi connectivity index (χ1v) is 6.20. The van der Waals surface area contributed by atoms with Crippen molar-refractivity contribution in [2.24, 2.45) is 0 Å². The van der Waals surface area contributed by atoms with Crippen molar-refractivity contribution in [1.82, 2.24) is 15.5 Å². The fourth-order valence-corrected chi connectivity index (χ4v) is 1.65. The maximum absolute atomic E-state index is 13.5. The van der Waals surface area contributed by atoms with Crippen LogP contribution in [-0.4, -0.2) is 23.3 Å². The van der Waals surface area contributed by atoms with Crippen molar-refractivity contribution in [2.75, 3.05) is 13.1 Å². The first-order chi connectivity index (χ1) is 9.22. The van der Waals surface area contributed by atoms with Crippen LogP contribution in [0.3, 0.4) is 0 Å². The highest BCUT2D eigenvalue weighted by Crippen LogP contribution is 2.24. The normalized spacial score (nSPS) is 10.9. The van der Waals surface area contributed by atoms with Crippen molar-refractivity contribution in [3.8, 4) is 11.5 Å². The third-order valence-electron chi connectivity index (χ3n) is 2.59. The van der Waals surface area contributed by atoms with Crippen molar-refractivity contribution >= 4 is 0 Å². The van der Waals surface area contributed by atoms with Crippen LogP contribution in [0.4, 0.5) is 8.78 Å². The highest BCUT2D eigenvalue weighted by molar-refractivity contribution is 5.54. The number of nitrogens with zero attached hydrogens (tertiary/aromatic N) is 2. The minimum absolute atomic E-state index is 0.124. The molecule has 102 valence electrons. The summed E-state index contributed by atoms with van der Waals surface area (Å²) in [6.07, 6.45) is 1.57. The third kappa shape index (κ3) is 3.35. The summed E-state index contributed by atoms with van der Waals surface area (Å²) in [5.74, 6) is -1.18. The van der Waals surface area contributed by atoms with Crippen LogP contribution in [0.15, 0.2) is 22.6 Å². The summed E-state index contributed by atoms with van der Waals surface area (Å²) in [6.45, 7) is 3.66. The second kappa shape index (κ2) is 6.38. The van der Waals surface area contributed by atoms with Gasteiger partial charge in [0, 0.05) is 13.0 Å². The van der Waals surface area contributed by atoms with Crippen molar-refractivity contribution in [3.05, 3.63) is 35.7 Å². The highest BCUT2D eigenvalue weighted by Gasteiger charge is 2.17. The SMILES string of the molecule is CCCNCCc1nnc(-c2c(F)cccc2F)o1. The molecule has 19 heavy (non-hydrogen) atoms. The summed E-state index contributed by atoms with van der Waals surface area (Å²) < 4.78 is 32.3. The molecule has 1 aromatic carbocycles. The topological polar surface area (TPSA) is 51.0 Å². The molecule has 2 aromatic rings. The summed E-state index contributed by atoms with van der Waals surface area (Å²) in [6, 6.07) is 3.61. The molecule has 2 rings (SSSR count). The van der Waals surface area contributed by atoms with E-state index in [2.05, 4.69) is 22.4 Å². The smallest absolute Gasteiger partial charge is 0.253 e. The molecule has 0 aliphatic rings. The molecule has 0 spiro atoms. The van der Waals surface area contributed by atoms with E-state index in [1.165, 1.54) is 6.07 Å². The predicted molar refractivity (Wildman–Crippen MR) is 66.5 cm³/mol. The van der Waals surface area contributed by atoms with Crippen molar-refractivity contribution < 1.29 is 13.2 Å². The van der Waals surface area contributed by atoms with Gasteiger partial charge in [0.15, 0.2) is 0 Å². The Labute approximate surface area is 109 Å². The quantitative estimate of drug-likeness (QED) is 0.817.